The summed E-state index contributed by atoms with van der Waals surface area (Å²) in [7, 11) is -4.43. The molecule has 1 heterocycles. The number of benzene rings is 1. The summed E-state index contributed by atoms with van der Waals surface area (Å²) in [5, 5.41) is 3.88. The molecule has 0 aromatic heterocycles. The van der Waals surface area contributed by atoms with E-state index in [9.17, 15) is 4.57 Å². The minimum Gasteiger partial charge on any atom is -0.489 e. The lowest BCUT2D eigenvalue weighted by Gasteiger charge is -2.15. The minimum atomic E-state index is -4.43. The fraction of sp³-hybridized carbons (Fsp3) is 0.684. The molecule has 1 aliphatic heterocycles. The lowest BCUT2D eigenvalue weighted by Crippen LogP contribution is -2.26. The Labute approximate surface area is 166 Å². The molecule has 2 atom stereocenters. The van der Waals surface area contributed by atoms with Crippen LogP contribution in [-0.2, 0) is 15.5 Å². The fourth-order valence-electron chi connectivity index (χ4n) is 3.28. The Morgan fingerprint density at radius 1 is 1.22 bits per heavy atom. The Morgan fingerprint density at radius 2 is 1.96 bits per heavy atom. The highest BCUT2D eigenvalue weighted by atomic mass is 35.5. The molecule has 0 amide bonds. The van der Waals surface area contributed by atoms with Gasteiger partial charge in [-0.2, -0.15) is 0 Å². The molecule has 2 rings (SSSR count). The third-order valence-corrected chi connectivity index (χ3v) is 5.59. The number of halogens is 1. The van der Waals surface area contributed by atoms with E-state index in [1.54, 1.807) is 0 Å². The summed E-state index contributed by atoms with van der Waals surface area (Å²) < 4.78 is 21.3. The van der Waals surface area contributed by atoms with Gasteiger partial charge in [0.15, 0.2) is 0 Å². The van der Waals surface area contributed by atoms with Crippen LogP contribution in [0.4, 0.5) is 0 Å². The van der Waals surface area contributed by atoms with Crippen LogP contribution in [-0.4, -0.2) is 35.1 Å². The predicted molar refractivity (Wildman–Crippen MR) is 107 cm³/mol. The summed E-state index contributed by atoms with van der Waals surface area (Å²) >= 11 is 6.40. The van der Waals surface area contributed by atoms with E-state index in [1.807, 2.05) is 18.2 Å². The maximum Gasteiger partial charge on any atom is 0.469 e. The Hall–Kier alpha value is -0.620. The first-order valence-electron chi connectivity index (χ1n) is 9.76. The molecule has 0 unspecified atom stereocenters. The second kappa shape index (κ2) is 11.4. The summed E-state index contributed by atoms with van der Waals surface area (Å²) in [5.41, 5.74) is 1.15. The Balaban J connectivity index is 1.73. The first kappa shape index (κ1) is 22.7. The second-order valence-corrected chi connectivity index (χ2v) is 8.78. The molecular weight excluding hydrogens is 389 g/mol. The number of hydrogen-bond donors (Lipinski definition) is 3. The highest BCUT2D eigenvalue weighted by Gasteiger charge is 2.28. The van der Waals surface area contributed by atoms with Crippen LogP contribution in [0, 0.1) is 0 Å². The molecule has 1 aromatic carbocycles. The number of unbranched alkanes of at least 4 members (excludes halogenated alkanes) is 5. The highest BCUT2D eigenvalue weighted by Crippen LogP contribution is 2.36. The third kappa shape index (κ3) is 8.95. The van der Waals surface area contributed by atoms with Gasteiger partial charge >= 0.3 is 7.82 Å². The van der Waals surface area contributed by atoms with Crippen LogP contribution in [0.5, 0.6) is 5.75 Å². The Kier molecular flexibility index (Phi) is 9.57. The molecule has 3 N–H and O–H groups in total. The quantitative estimate of drug-likeness (QED) is 0.342. The average molecular weight is 420 g/mol. The molecule has 6 nitrogen and oxygen atoms in total. The lowest BCUT2D eigenvalue weighted by atomic mass is 10.0. The summed E-state index contributed by atoms with van der Waals surface area (Å²) in [6.45, 7) is 2.79. The topological polar surface area (TPSA) is 88.0 Å². The van der Waals surface area contributed by atoms with Gasteiger partial charge in [-0.15, -0.1) is 0 Å². The number of aryl methyl sites for hydroxylation is 1. The van der Waals surface area contributed by atoms with E-state index in [0.717, 1.165) is 29.2 Å². The molecule has 0 aliphatic carbocycles. The molecule has 154 valence electrons. The maximum atomic E-state index is 10.8. The van der Waals surface area contributed by atoms with Gasteiger partial charge in [0.05, 0.1) is 6.61 Å². The zero-order valence-electron chi connectivity index (χ0n) is 15.9. The van der Waals surface area contributed by atoms with Crippen molar-refractivity contribution in [1.29, 1.82) is 0 Å². The van der Waals surface area contributed by atoms with E-state index >= 15 is 0 Å². The number of ether oxygens (including phenoxy) is 1. The van der Waals surface area contributed by atoms with Crippen molar-refractivity contribution < 1.29 is 23.6 Å². The van der Waals surface area contributed by atoms with Crippen LogP contribution in [0.15, 0.2) is 18.2 Å². The second-order valence-electron chi connectivity index (χ2n) is 7.14. The van der Waals surface area contributed by atoms with E-state index in [0.29, 0.717) is 13.0 Å². The van der Waals surface area contributed by atoms with Crippen LogP contribution < -0.4 is 10.1 Å². The van der Waals surface area contributed by atoms with Crippen LogP contribution in [0.25, 0.3) is 0 Å². The van der Waals surface area contributed by atoms with Gasteiger partial charge in [-0.05, 0) is 30.5 Å². The third-order valence-electron chi connectivity index (χ3n) is 4.75. The molecule has 8 heteroatoms. The molecular formula is C19H31ClNO5P. The van der Waals surface area contributed by atoms with Crippen LogP contribution in [0.1, 0.15) is 57.4 Å². The summed E-state index contributed by atoms with van der Waals surface area (Å²) in [6.07, 6.45) is 9.10. The van der Waals surface area contributed by atoms with Gasteiger partial charge < -0.3 is 19.8 Å². The molecule has 0 bridgehead atoms. The summed E-state index contributed by atoms with van der Waals surface area (Å²) in [6, 6.07) is 5.69. The number of hydrogen-bond acceptors (Lipinski definition) is 4. The van der Waals surface area contributed by atoms with Gasteiger partial charge in [-0.25, -0.2) is 4.57 Å². The van der Waals surface area contributed by atoms with E-state index in [-0.39, 0.29) is 18.8 Å². The van der Waals surface area contributed by atoms with Gasteiger partial charge in [0.1, 0.15) is 11.9 Å². The normalized spacial score (nSPS) is 20.1. The van der Waals surface area contributed by atoms with Gasteiger partial charge in [0.2, 0.25) is 0 Å². The highest BCUT2D eigenvalue weighted by molar-refractivity contribution is 7.46. The van der Waals surface area contributed by atoms with E-state index in [4.69, 9.17) is 26.1 Å². The van der Waals surface area contributed by atoms with Crippen molar-refractivity contribution in [2.75, 3.05) is 13.2 Å². The number of rotatable bonds is 12. The van der Waals surface area contributed by atoms with Crippen molar-refractivity contribution in [3.63, 3.8) is 0 Å². The lowest BCUT2D eigenvalue weighted by molar-refractivity contribution is 0.173. The monoisotopic (exact) mass is 419 g/mol. The fourth-order valence-corrected chi connectivity index (χ4v) is 3.92. The zero-order chi connectivity index (χ0) is 19.7. The van der Waals surface area contributed by atoms with Crippen molar-refractivity contribution in [3.05, 3.63) is 28.8 Å². The van der Waals surface area contributed by atoms with Crippen molar-refractivity contribution >= 4 is 19.4 Å². The summed E-state index contributed by atoms with van der Waals surface area (Å²) in [4.78, 5) is 17.5. The molecule has 0 saturated carbocycles. The Morgan fingerprint density at radius 3 is 2.67 bits per heavy atom. The van der Waals surface area contributed by atoms with Crippen LogP contribution in [0.3, 0.4) is 0 Å². The molecule has 27 heavy (non-hydrogen) atoms. The SMILES string of the molecule is CCCCCCCCc1ccc(O[C@@H]2CN[C@@H](COP(=O)(O)O)C2)cc1Cl. The molecule has 1 fully saturated rings. The predicted octanol–water partition coefficient (Wildman–Crippen LogP) is 4.46. The number of phosphoric ester groups is 1. The minimum absolute atomic E-state index is 0.0396. The van der Waals surface area contributed by atoms with E-state index in [1.165, 1.54) is 32.1 Å². The standard InChI is InChI=1S/C19H31ClNO5P/c1-2-3-4-5-6-7-8-15-9-10-17(12-19(15)20)26-18-11-16(21-13-18)14-25-27(22,23)24/h9-10,12,16,18,21H,2-8,11,13-14H2,1H3,(H2,22,23,24)/t16-,18+/m1/s1. The summed E-state index contributed by atoms with van der Waals surface area (Å²) in [5.74, 6) is 0.718. The van der Waals surface area contributed by atoms with Crippen LogP contribution >= 0.6 is 19.4 Å². The Bertz CT molecular complexity index is 624. The van der Waals surface area contributed by atoms with Crippen molar-refractivity contribution in [2.45, 2.75) is 70.4 Å². The van der Waals surface area contributed by atoms with Gasteiger partial charge in [-0.3, -0.25) is 4.52 Å². The smallest absolute Gasteiger partial charge is 0.469 e. The largest absolute Gasteiger partial charge is 0.489 e. The molecule has 0 radical (unpaired) electrons. The zero-order valence-corrected chi connectivity index (χ0v) is 17.6. The van der Waals surface area contributed by atoms with Crippen molar-refractivity contribution in [3.8, 4) is 5.75 Å². The van der Waals surface area contributed by atoms with E-state index in [2.05, 4.69) is 16.8 Å². The van der Waals surface area contributed by atoms with Gasteiger partial charge in [0, 0.05) is 24.0 Å². The molecule has 1 aromatic rings. The first-order valence-corrected chi connectivity index (χ1v) is 11.7. The van der Waals surface area contributed by atoms with Crippen LogP contribution in [0.2, 0.25) is 5.02 Å². The van der Waals surface area contributed by atoms with Gasteiger partial charge in [-0.1, -0.05) is 56.7 Å². The molecule has 1 saturated heterocycles. The maximum absolute atomic E-state index is 10.8. The number of phosphoric acid groups is 1. The molecule has 0 spiro atoms. The van der Waals surface area contributed by atoms with Crippen molar-refractivity contribution in [2.24, 2.45) is 0 Å². The average Bonchev–Trinajstić information content (AvgIpc) is 3.05. The van der Waals surface area contributed by atoms with Crippen molar-refractivity contribution in [1.82, 2.24) is 5.32 Å². The van der Waals surface area contributed by atoms with E-state index < -0.39 is 7.82 Å². The molecule has 1 aliphatic rings. The van der Waals surface area contributed by atoms with Gasteiger partial charge in [0.25, 0.3) is 0 Å². The number of nitrogens with one attached hydrogen (secondary N) is 1. The first-order chi connectivity index (χ1) is 12.9.